The van der Waals surface area contributed by atoms with Crippen LogP contribution in [-0.4, -0.2) is 42.5 Å². The summed E-state index contributed by atoms with van der Waals surface area (Å²) in [4.78, 5) is 19.2. The lowest BCUT2D eigenvalue weighted by atomic mass is 10.3. The molecule has 1 amide bonds. The van der Waals surface area contributed by atoms with Gasteiger partial charge in [0, 0.05) is 32.4 Å². The molecule has 16 heavy (non-hydrogen) atoms. The van der Waals surface area contributed by atoms with Gasteiger partial charge in [-0.2, -0.15) is 0 Å². The van der Waals surface area contributed by atoms with Crippen molar-refractivity contribution in [3.8, 4) is 0 Å². The summed E-state index contributed by atoms with van der Waals surface area (Å²) in [5.74, 6) is 1.02. The molecule has 1 saturated heterocycles. The largest absolute Gasteiger partial charge is 0.355 e. The molecule has 1 aromatic rings. The lowest BCUT2D eigenvalue weighted by Gasteiger charge is -2.21. The molecule has 1 aliphatic heterocycles. The van der Waals surface area contributed by atoms with E-state index >= 15 is 0 Å². The number of anilines is 1. The van der Waals surface area contributed by atoms with E-state index in [0.29, 0.717) is 0 Å². The van der Waals surface area contributed by atoms with Gasteiger partial charge in [0.05, 0.1) is 0 Å². The van der Waals surface area contributed by atoms with E-state index in [4.69, 9.17) is 0 Å². The number of carbonyl (C=O) groups excluding carboxylic acids is 1. The van der Waals surface area contributed by atoms with Crippen molar-refractivity contribution < 1.29 is 4.79 Å². The third kappa shape index (κ3) is 2.51. The van der Waals surface area contributed by atoms with Gasteiger partial charge in [0.25, 0.3) is 0 Å². The van der Waals surface area contributed by atoms with Crippen LogP contribution < -0.4 is 4.90 Å². The van der Waals surface area contributed by atoms with E-state index < -0.39 is 0 Å². The molecule has 0 spiro atoms. The number of carbonyl (C=O) groups is 1. The van der Waals surface area contributed by atoms with Crippen molar-refractivity contribution in [2.24, 2.45) is 0 Å². The van der Waals surface area contributed by atoms with E-state index in [1.165, 1.54) is 5.56 Å². The average molecular weight is 219 g/mol. The van der Waals surface area contributed by atoms with Crippen molar-refractivity contribution >= 4 is 12.2 Å². The molecule has 1 aromatic heterocycles. The first-order chi connectivity index (χ1) is 7.79. The van der Waals surface area contributed by atoms with Crippen LogP contribution in [0.3, 0.4) is 0 Å². The summed E-state index contributed by atoms with van der Waals surface area (Å²) in [6.07, 6.45) is 3.79. The number of nitrogens with zero attached hydrogens (tertiary/aromatic N) is 3. The molecule has 4 nitrogen and oxygen atoms in total. The van der Waals surface area contributed by atoms with Gasteiger partial charge in [0.15, 0.2) is 0 Å². The van der Waals surface area contributed by atoms with E-state index in [9.17, 15) is 4.79 Å². The zero-order chi connectivity index (χ0) is 11.4. The number of pyridine rings is 1. The van der Waals surface area contributed by atoms with E-state index in [-0.39, 0.29) is 0 Å². The van der Waals surface area contributed by atoms with Gasteiger partial charge in [-0.25, -0.2) is 4.98 Å². The fourth-order valence-corrected chi connectivity index (χ4v) is 1.97. The predicted octanol–water partition coefficient (Wildman–Crippen LogP) is 1.06. The molecule has 0 N–H and O–H groups in total. The van der Waals surface area contributed by atoms with Crippen LogP contribution in [-0.2, 0) is 4.79 Å². The molecule has 0 unspecified atom stereocenters. The molecule has 0 aromatic carbocycles. The molecular weight excluding hydrogens is 202 g/mol. The van der Waals surface area contributed by atoms with Crippen molar-refractivity contribution in [1.82, 2.24) is 9.88 Å². The van der Waals surface area contributed by atoms with Crippen LogP contribution in [0.5, 0.6) is 0 Å². The molecule has 4 heteroatoms. The number of aromatic nitrogens is 1. The highest BCUT2D eigenvalue weighted by Crippen LogP contribution is 2.14. The monoisotopic (exact) mass is 219 g/mol. The summed E-state index contributed by atoms with van der Waals surface area (Å²) >= 11 is 0. The quantitative estimate of drug-likeness (QED) is 0.698. The van der Waals surface area contributed by atoms with Crippen LogP contribution in [0.2, 0.25) is 0 Å². The van der Waals surface area contributed by atoms with Crippen molar-refractivity contribution in [2.75, 3.05) is 31.1 Å². The highest BCUT2D eigenvalue weighted by molar-refractivity contribution is 5.48. The van der Waals surface area contributed by atoms with Gasteiger partial charge >= 0.3 is 0 Å². The summed E-state index contributed by atoms with van der Waals surface area (Å²) in [7, 11) is 0. The molecule has 2 heterocycles. The number of amides is 1. The highest BCUT2D eigenvalue weighted by Gasteiger charge is 2.14. The summed E-state index contributed by atoms with van der Waals surface area (Å²) in [6, 6.07) is 4.09. The molecule has 0 aliphatic carbocycles. The molecule has 86 valence electrons. The first-order valence-corrected chi connectivity index (χ1v) is 5.66. The molecule has 0 bridgehead atoms. The SMILES string of the molecule is Cc1ccnc(N2CCCN(C=O)CC2)c1. The maximum Gasteiger partial charge on any atom is 0.209 e. The minimum atomic E-state index is 0.791. The maximum absolute atomic E-state index is 10.7. The highest BCUT2D eigenvalue weighted by atomic mass is 16.1. The topological polar surface area (TPSA) is 36.4 Å². The molecule has 0 saturated carbocycles. The normalized spacial score (nSPS) is 17.1. The summed E-state index contributed by atoms with van der Waals surface area (Å²) in [5.41, 5.74) is 1.22. The summed E-state index contributed by atoms with van der Waals surface area (Å²) in [5, 5.41) is 0. The minimum absolute atomic E-state index is 0.791. The Balaban J connectivity index is 2.07. The number of rotatable bonds is 2. The molecule has 1 fully saturated rings. The number of aryl methyl sites for hydroxylation is 1. The first-order valence-electron chi connectivity index (χ1n) is 5.66. The Morgan fingerprint density at radius 3 is 2.94 bits per heavy atom. The fourth-order valence-electron chi connectivity index (χ4n) is 1.97. The van der Waals surface area contributed by atoms with Crippen LogP contribution in [0.25, 0.3) is 0 Å². The third-order valence-corrected chi connectivity index (χ3v) is 2.90. The van der Waals surface area contributed by atoms with Gasteiger partial charge in [-0.1, -0.05) is 0 Å². The fraction of sp³-hybridized carbons (Fsp3) is 0.500. The van der Waals surface area contributed by atoms with Crippen LogP contribution in [0.15, 0.2) is 18.3 Å². The van der Waals surface area contributed by atoms with Crippen LogP contribution >= 0.6 is 0 Å². The van der Waals surface area contributed by atoms with Crippen LogP contribution in [0.4, 0.5) is 5.82 Å². The minimum Gasteiger partial charge on any atom is -0.355 e. The lowest BCUT2D eigenvalue weighted by Crippen LogP contribution is -2.30. The van der Waals surface area contributed by atoms with Crippen molar-refractivity contribution in [3.05, 3.63) is 23.9 Å². The van der Waals surface area contributed by atoms with Crippen LogP contribution in [0, 0.1) is 6.92 Å². The van der Waals surface area contributed by atoms with E-state index in [2.05, 4.69) is 22.9 Å². The van der Waals surface area contributed by atoms with E-state index in [1.807, 2.05) is 17.2 Å². The molecule has 1 aliphatic rings. The molecule has 2 rings (SSSR count). The summed E-state index contributed by atoms with van der Waals surface area (Å²) < 4.78 is 0. The third-order valence-electron chi connectivity index (χ3n) is 2.90. The second kappa shape index (κ2) is 4.96. The number of hydrogen-bond acceptors (Lipinski definition) is 3. The Hall–Kier alpha value is -1.58. The molecule has 0 radical (unpaired) electrons. The average Bonchev–Trinajstić information content (AvgIpc) is 2.54. The predicted molar refractivity (Wildman–Crippen MR) is 63.4 cm³/mol. The van der Waals surface area contributed by atoms with Crippen molar-refractivity contribution in [1.29, 1.82) is 0 Å². The smallest absolute Gasteiger partial charge is 0.209 e. The zero-order valence-electron chi connectivity index (χ0n) is 9.59. The molecular formula is C12H17N3O. The van der Waals surface area contributed by atoms with Crippen LogP contribution in [0.1, 0.15) is 12.0 Å². The van der Waals surface area contributed by atoms with Crippen molar-refractivity contribution in [2.45, 2.75) is 13.3 Å². The van der Waals surface area contributed by atoms with Gasteiger partial charge in [0.2, 0.25) is 6.41 Å². The zero-order valence-corrected chi connectivity index (χ0v) is 9.59. The van der Waals surface area contributed by atoms with Gasteiger partial charge in [-0.15, -0.1) is 0 Å². The Morgan fingerprint density at radius 1 is 1.31 bits per heavy atom. The van der Waals surface area contributed by atoms with E-state index in [0.717, 1.165) is 44.8 Å². The first kappa shape index (κ1) is 10.9. The van der Waals surface area contributed by atoms with Gasteiger partial charge in [-0.3, -0.25) is 4.79 Å². The Morgan fingerprint density at radius 2 is 2.19 bits per heavy atom. The Kier molecular flexibility index (Phi) is 3.39. The summed E-state index contributed by atoms with van der Waals surface area (Å²) in [6.45, 7) is 5.56. The van der Waals surface area contributed by atoms with Gasteiger partial charge in [0.1, 0.15) is 5.82 Å². The lowest BCUT2D eigenvalue weighted by molar-refractivity contribution is -0.117. The Labute approximate surface area is 95.9 Å². The number of hydrogen-bond donors (Lipinski definition) is 0. The van der Waals surface area contributed by atoms with Gasteiger partial charge < -0.3 is 9.80 Å². The molecule has 0 atom stereocenters. The van der Waals surface area contributed by atoms with E-state index in [1.54, 1.807) is 0 Å². The van der Waals surface area contributed by atoms with Gasteiger partial charge in [-0.05, 0) is 31.0 Å². The maximum atomic E-state index is 10.7. The Bertz CT molecular complexity index is 367. The van der Waals surface area contributed by atoms with Crippen molar-refractivity contribution in [3.63, 3.8) is 0 Å². The standard InChI is InChI=1S/C12H17N3O/c1-11-3-4-13-12(9-11)15-6-2-5-14(10-16)7-8-15/h3-4,9-10H,2,5-8H2,1H3. The second-order valence-electron chi connectivity index (χ2n) is 4.17. The second-order valence-corrected chi connectivity index (χ2v) is 4.17.